The minimum atomic E-state index is -0.101. The fourth-order valence-corrected chi connectivity index (χ4v) is 1.99. The molecule has 0 unspecified atom stereocenters. The van der Waals surface area contributed by atoms with Crippen LogP contribution in [0.2, 0.25) is 0 Å². The Hall–Kier alpha value is -1.97. The van der Waals surface area contributed by atoms with Crippen molar-refractivity contribution in [1.29, 1.82) is 0 Å². The maximum absolute atomic E-state index is 10.1. The third kappa shape index (κ3) is 2.18. The Morgan fingerprint density at radius 3 is 2.39 bits per heavy atom. The summed E-state index contributed by atoms with van der Waals surface area (Å²) in [4.78, 5) is 0. The number of anilines is 1. The number of nitrogen functional groups attached to an aromatic ring is 1. The van der Waals surface area contributed by atoms with Gasteiger partial charge < -0.3 is 15.4 Å². The van der Waals surface area contributed by atoms with Gasteiger partial charge in [0.05, 0.1) is 0 Å². The van der Waals surface area contributed by atoms with Crippen LogP contribution in [0.15, 0.2) is 22.7 Å². The second kappa shape index (κ2) is 4.05. The van der Waals surface area contributed by atoms with E-state index in [1.54, 1.807) is 12.1 Å². The molecule has 0 saturated heterocycles. The lowest BCUT2D eigenvalue weighted by atomic mass is 9.84. The number of aromatic hydroxyl groups is 1. The zero-order chi connectivity index (χ0) is 13.5. The molecule has 0 bridgehead atoms. The highest BCUT2D eigenvalue weighted by Gasteiger charge is 2.20. The first-order valence-corrected chi connectivity index (χ1v) is 5.85. The van der Waals surface area contributed by atoms with Crippen molar-refractivity contribution in [3.8, 4) is 17.0 Å². The largest absolute Gasteiger partial charge is 0.508 e. The van der Waals surface area contributed by atoms with Gasteiger partial charge in [0, 0.05) is 11.6 Å². The van der Waals surface area contributed by atoms with Gasteiger partial charge in [-0.15, -0.1) is 0 Å². The Bertz CT molecular complexity index is 580. The number of nitrogens with two attached hydrogens (primary N) is 1. The van der Waals surface area contributed by atoms with Gasteiger partial charge in [0.1, 0.15) is 11.4 Å². The van der Waals surface area contributed by atoms with Crippen molar-refractivity contribution < 1.29 is 9.63 Å². The first-order valence-electron chi connectivity index (χ1n) is 5.85. The van der Waals surface area contributed by atoms with E-state index in [-0.39, 0.29) is 17.0 Å². The van der Waals surface area contributed by atoms with Crippen molar-refractivity contribution in [3.05, 3.63) is 29.3 Å². The average molecular weight is 246 g/mol. The number of rotatable bonds is 1. The van der Waals surface area contributed by atoms with E-state index in [1.807, 2.05) is 13.0 Å². The van der Waals surface area contributed by atoms with Gasteiger partial charge in [-0.2, -0.15) is 0 Å². The summed E-state index contributed by atoms with van der Waals surface area (Å²) in [5, 5.41) is 14.0. The molecule has 1 heterocycles. The predicted octanol–water partition coefficient (Wildman–Crippen LogP) is 3.24. The zero-order valence-electron chi connectivity index (χ0n) is 11.1. The van der Waals surface area contributed by atoms with Crippen molar-refractivity contribution in [3.63, 3.8) is 0 Å². The normalized spacial score (nSPS) is 11.8. The molecule has 2 aromatic rings. The third-order valence-electron chi connectivity index (χ3n) is 2.96. The molecule has 0 aliphatic rings. The molecule has 0 radical (unpaired) electrons. The molecule has 0 atom stereocenters. The smallest absolute Gasteiger partial charge is 0.222 e. The van der Waals surface area contributed by atoms with Crippen molar-refractivity contribution in [2.45, 2.75) is 33.1 Å². The first kappa shape index (κ1) is 12.5. The maximum atomic E-state index is 10.1. The monoisotopic (exact) mass is 246 g/mol. The van der Waals surface area contributed by atoms with Crippen LogP contribution >= 0.6 is 0 Å². The quantitative estimate of drug-likeness (QED) is 0.810. The molecule has 0 fully saturated rings. The van der Waals surface area contributed by atoms with Crippen LogP contribution in [0.25, 0.3) is 11.3 Å². The summed E-state index contributed by atoms with van der Waals surface area (Å²) in [7, 11) is 0. The van der Waals surface area contributed by atoms with Gasteiger partial charge in [0.2, 0.25) is 5.88 Å². The van der Waals surface area contributed by atoms with Gasteiger partial charge in [-0.1, -0.05) is 32.0 Å². The molecule has 3 N–H and O–H groups in total. The summed E-state index contributed by atoms with van der Waals surface area (Å²) in [6.45, 7) is 8.18. The molecule has 0 saturated carbocycles. The van der Waals surface area contributed by atoms with Gasteiger partial charge in [-0.05, 0) is 29.5 Å². The highest BCUT2D eigenvalue weighted by Crippen LogP contribution is 2.36. The van der Waals surface area contributed by atoms with Crippen LogP contribution < -0.4 is 5.73 Å². The van der Waals surface area contributed by atoms with E-state index in [1.165, 1.54) is 0 Å². The average Bonchev–Trinajstić information content (AvgIpc) is 2.66. The molecule has 4 nitrogen and oxygen atoms in total. The van der Waals surface area contributed by atoms with Crippen LogP contribution in [-0.4, -0.2) is 10.3 Å². The van der Waals surface area contributed by atoms with Crippen LogP contribution in [0.5, 0.6) is 5.75 Å². The number of phenolic OH excluding ortho intramolecular Hbond substituents is 1. The summed E-state index contributed by atoms with van der Waals surface area (Å²) in [6, 6.07) is 5.35. The van der Waals surface area contributed by atoms with E-state index >= 15 is 0 Å². The Labute approximate surface area is 106 Å². The van der Waals surface area contributed by atoms with Gasteiger partial charge in [-0.25, -0.2) is 0 Å². The molecule has 96 valence electrons. The van der Waals surface area contributed by atoms with Crippen LogP contribution in [0.1, 0.15) is 31.9 Å². The van der Waals surface area contributed by atoms with Gasteiger partial charge >= 0.3 is 0 Å². The molecule has 0 spiro atoms. The first-order chi connectivity index (χ1) is 8.29. The fourth-order valence-electron chi connectivity index (χ4n) is 1.99. The fraction of sp³-hybridized carbons (Fsp3) is 0.357. The third-order valence-corrected chi connectivity index (χ3v) is 2.96. The number of aromatic nitrogens is 1. The number of hydrogen-bond donors (Lipinski definition) is 2. The van der Waals surface area contributed by atoms with Crippen LogP contribution in [0.4, 0.5) is 5.88 Å². The van der Waals surface area contributed by atoms with Crippen molar-refractivity contribution in [1.82, 2.24) is 5.16 Å². The number of benzene rings is 1. The second-order valence-corrected chi connectivity index (χ2v) is 5.55. The molecular weight excluding hydrogens is 228 g/mol. The molecule has 0 aliphatic heterocycles. The molecule has 2 rings (SSSR count). The molecule has 1 aromatic heterocycles. The summed E-state index contributed by atoms with van der Waals surface area (Å²) < 4.78 is 4.86. The highest BCUT2D eigenvalue weighted by atomic mass is 16.5. The Morgan fingerprint density at radius 1 is 1.22 bits per heavy atom. The SMILES string of the molecule is Cc1cc(C(C)(C)C)c(O)cc1-c1cc(N)on1. The molecule has 4 heteroatoms. The van der Waals surface area contributed by atoms with Crippen molar-refractivity contribution in [2.75, 3.05) is 5.73 Å². The van der Waals surface area contributed by atoms with E-state index < -0.39 is 0 Å². The standard InChI is InChI=1S/C14H18N2O2/c1-8-5-10(14(2,3)4)12(17)6-9(8)11-7-13(15)18-16-11/h5-7,17H,15H2,1-4H3. The summed E-state index contributed by atoms with van der Waals surface area (Å²) in [5.41, 5.74) is 8.83. The van der Waals surface area contributed by atoms with Crippen molar-refractivity contribution >= 4 is 5.88 Å². The lowest BCUT2D eigenvalue weighted by Gasteiger charge is -2.21. The number of hydrogen-bond acceptors (Lipinski definition) is 4. The van der Waals surface area contributed by atoms with Gasteiger partial charge in [0.25, 0.3) is 0 Å². The summed E-state index contributed by atoms with van der Waals surface area (Å²) in [5.74, 6) is 0.536. The number of nitrogens with zero attached hydrogens (tertiary/aromatic N) is 1. The minimum Gasteiger partial charge on any atom is -0.508 e. The lowest BCUT2D eigenvalue weighted by Crippen LogP contribution is -2.11. The van der Waals surface area contributed by atoms with E-state index in [9.17, 15) is 5.11 Å². The zero-order valence-corrected chi connectivity index (χ0v) is 11.1. The van der Waals surface area contributed by atoms with Crippen molar-refractivity contribution in [2.24, 2.45) is 0 Å². The summed E-state index contributed by atoms with van der Waals surface area (Å²) >= 11 is 0. The van der Waals surface area contributed by atoms with Crippen LogP contribution in [-0.2, 0) is 5.41 Å². The number of aryl methyl sites for hydroxylation is 1. The lowest BCUT2D eigenvalue weighted by molar-refractivity contribution is 0.438. The second-order valence-electron chi connectivity index (χ2n) is 5.55. The molecular formula is C14H18N2O2. The Morgan fingerprint density at radius 2 is 1.89 bits per heavy atom. The predicted molar refractivity (Wildman–Crippen MR) is 71.5 cm³/mol. The van der Waals surface area contributed by atoms with Crippen LogP contribution in [0.3, 0.4) is 0 Å². The van der Waals surface area contributed by atoms with E-state index in [0.717, 1.165) is 16.7 Å². The molecule has 1 aromatic carbocycles. The van der Waals surface area contributed by atoms with Gasteiger partial charge in [-0.3, -0.25) is 0 Å². The molecule has 0 amide bonds. The van der Waals surface area contributed by atoms with Gasteiger partial charge in [0.15, 0.2) is 0 Å². The Balaban J connectivity index is 2.56. The number of phenols is 1. The van der Waals surface area contributed by atoms with E-state index in [2.05, 4.69) is 25.9 Å². The van der Waals surface area contributed by atoms with E-state index in [0.29, 0.717) is 5.69 Å². The summed E-state index contributed by atoms with van der Waals surface area (Å²) in [6.07, 6.45) is 0. The van der Waals surface area contributed by atoms with E-state index in [4.69, 9.17) is 10.3 Å². The highest BCUT2D eigenvalue weighted by molar-refractivity contribution is 5.68. The topological polar surface area (TPSA) is 72.3 Å². The minimum absolute atomic E-state index is 0.101. The molecule has 18 heavy (non-hydrogen) atoms. The molecule has 0 aliphatic carbocycles. The Kier molecular flexibility index (Phi) is 2.81. The maximum Gasteiger partial charge on any atom is 0.222 e. The van der Waals surface area contributed by atoms with Crippen LogP contribution in [0, 0.1) is 6.92 Å².